The Labute approximate surface area is 205 Å². The minimum atomic E-state index is -0.742. The molecule has 1 fully saturated rings. The predicted octanol–water partition coefficient (Wildman–Crippen LogP) is 5.33. The van der Waals surface area contributed by atoms with Crippen LogP contribution in [0.15, 0.2) is 72.3 Å². The lowest BCUT2D eigenvalue weighted by atomic mass is 9.94. The lowest BCUT2D eigenvalue weighted by Crippen LogP contribution is -2.29. The maximum atomic E-state index is 13.3. The van der Waals surface area contributed by atoms with Crippen LogP contribution in [0.5, 0.6) is 11.5 Å². The van der Waals surface area contributed by atoms with Crippen LogP contribution < -0.4 is 9.47 Å². The van der Waals surface area contributed by atoms with Crippen LogP contribution in [0.25, 0.3) is 5.76 Å². The van der Waals surface area contributed by atoms with E-state index in [1.807, 2.05) is 57.2 Å². The van der Waals surface area contributed by atoms with Gasteiger partial charge in [0.05, 0.1) is 25.3 Å². The van der Waals surface area contributed by atoms with Crippen molar-refractivity contribution in [2.24, 2.45) is 0 Å². The zero-order valence-electron chi connectivity index (χ0n) is 20.4. The van der Waals surface area contributed by atoms with E-state index in [0.29, 0.717) is 29.2 Å². The molecule has 0 spiro atoms. The van der Waals surface area contributed by atoms with Gasteiger partial charge in [-0.2, -0.15) is 0 Å². The first-order chi connectivity index (χ1) is 16.8. The molecule has 0 bridgehead atoms. The highest BCUT2D eigenvalue weighted by Gasteiger charge is 2.46. The zero-order chi connectivity index (χ0) is 25.1. The van der Waals surface area contributed by atoms with E-state index in [0.717, 1.165) is 16.7 Å². The van der Waals surface area contributed by atoms with Crippen molar-refractivity contribution in [2.75, 3.05) is 13.7 Å². The summed E-state index contributed by atoms with van der Waals surface area (Å²) < 4.78 is 10.9. The maximum absolute atomic E-state index is 13.3. The van der Waals surface area contributed by atoms with Crippen LogP contribution in [-0.2, 0) is 16.1 Å². The maximum Gasteiger partial charge on any atom is 0.295 e. The molecule has 6 nitrogen and oxygen atoms in total. The Morgan fingerprint density at radius 3 is 2.26 bits per heavy atom. The van der Waals surface area contributed by atoms with E-state index in [4.69, 9.17) is 9.47 Å². The van der Waals surface area contributed by atoms with Crippen molar-refractivity contribution in [1.29, 1.82) is 0 Å². The van der Waals surface area contributed by atoms with Gasteiger partial charge in [-0.3, -0.25) is 9.59 Å². The van der Waals surface area contributed by atoms with Gasteiger partial charge in [0.25, 0.3) is 11.7 Å². The number of amides is 1. The first kappa shape index (κ1) is 24.1. The molecule has 1 unspecified atom stereocenters. The number of carbonyl (C=O) groups is 2. The summed E-state index contributed by atoms with van der Waals surface area (Å²) >= 11 is 0. The molecule has 1 saturated heterocycles. The van der Waals surface area contributed by atoms with E-state index in [2.05, 4.69) is 0 Å². The van der Waals surface area contributed by atoms with Gasteiger partial charge >= 0.3 is 0 Å². The van der Waals surface area contributed by atoms with Crippen LogP contribution in [0.3, 0.4) is 0 Å². The number of aliphatic hydroxyl groups excluding tert-OH is 1. The van der Waals surface area contributed by atoms with Crippen molar-refractivity contribution in [2.45, 2.75) is 33.4 Å². The Morgan fingerprint density at radius 2 is 1.66 bits per heavy atom. The van der Waals surface area contributed by atoms with Crippen LogP contribution in [0.2, 0.25) is 0 Å². The highest BCUT2D eigenvalue weighted by atomic mass is 16.5. The van der Waals surface area contributed by atoms with Crippen molar-refractivity contribution in [3.05, 3.63) is 100 Å². The Balaban J connectivity index is 1.83. The van der Waals surface area contributed by atoms with Crippen LogP contribution in [0, 0.1) is 13.8 Å². The first-order valence-electron chi connectivity index (χ1n) is 11.6. The molecule has 0 aromatic heterocycles. The molecule has 1 aliphatic rings. The number of aryl methyl sites for hydroxylation is 2. The standard InChI is InChI=1S/C29H29NO5/c1-5-35-24-15-12-22(16-19(24)3)27(31)25-26(21-10-13-23(34-4)14-11-21)30(29(33)28(25)32)17-20-8-6-18(2)7-9-20/h6-16,26,31H,5,17H2,1-4H3/b27-25+. The number of ether oxygens (including phenoxy) is 2. The zero-order valence-corrected chi connectivity index (χ0v) is 20.4. The van der Waals surface area contributed by atoms with Gasteiger partial charge in [0.2, 0.25) is 0 Å². The van der Waals surface area contributed by atoms with Gasteiger partial charge in [0, 0.05) is 12.1 Å². The lowest BCUT2D eigenvalue weighted by Gasteiger charge is -2.25. The second kappa shape index (κ2) is 10.1. The fraction of sp³-hybridized carbons (Fsp3) is 0.241. The normalized spacial score (nSPS) is 17.0. The highest BCUT2D eigenvalue weighted by molar-refractivity contribution is 6.46. The van der Waals surface area contributed by atoms with E-state index in [1.54, 1.807) is 37.4 Å². The molecule has 6 heteroatoms. The quantitative estimate of drug-likeness (QED) is 0.286. The van der Waals surface area contributed by atoms with Crippen LogP contribution in [-0.4, -0.2) is 35.4 Å². The molecule has 0 aliphatic carbocycles. The van der Waals surface area contributed by atoms with Crippen LogP contribution in [0.4, 0.5) is 0 Å². The third kappa shape index (κ3) is 4.78. The van der Waals surface area contributed by atoms with Gasteiger partial charge in [0.15, 0.2) is 0 Å². The number of Topliss-reactive ketones (excluding diaryl/α,β-unsaturated/α-hetero) is 1. The van der Waals surface area contributed by atoms with Gasteiger partial charge < -0.3 is 19.5 Å². The fourth-order valence-electron chi connectivity index (χ4n) is 4.34. The largest absolute Gasteiger partial charge is 0.507 e. The van der Waals surface area contributed by atoms with Crippen LogP contribution >= 0.6 is 0 Å². The summed E-state index contributed by atoms with van der Waals surface area (Å²) in [6.07, 6.45) is 0. The van der Waals surface area contributed by atoms with Crippen molar-refractivity contribution in [1.82, 2.24) is 4.90 Å². The highest BCUT2D eigenvalue weighted by Crippen LogP contribution is 2.41. The minimum absolute atomic E-state index is 0.0656. The molecule has 1 aliphatic heterocycles. The van der Waals surface area contributed by atoms with E-state index >= 15 is 0 Å². The summed E-state index contributed by atoms with van der Waals surface area (Å²) in [5.74, 6) is -0.193. The van der Waals surface area contributed by atoms with Crippen molar-refractivity contribution < 1.29 is 24.2 Å². The molecule has 3 aromatic rings. The number of aliphatic hydroxyl groups is 1. The van der Waals surface area contributed by atoms with Crippen molar-refractivity contribution in [3.63, 3.8) is 0 Å². The smallest absolute Gasteiger partial charge is 0.295 e. The van der Waals surface area contributed by atoms with Gasteiger partial charge in [-0.05, 0) is 67.8 Å². The number of carbonyl (C=O) groups excluding carboxylic acids is 2. The third-order valence-electron chi connectivity index (χ3n) is 6.19. The average molecular weight is 472 g/mol. The van der Waals surface area contributed by atoms with E-state index < -0.39 is 17.7 Å². The summed E-state index contributed by atoms with van der Waals surface area (Å²) in [7, 11) is 1.58. The second-order valence-electron chi connectivity index (χ2n) is 8.60. The fourth-order valence-corrected chi connectivity index (χ4v) is 4.34. The van der Waals surface area contributed by atoms with E-state index in [-0.39, 0.29) is 17.9 Å². The summed E-state index contributed by atoms with van der Waals surface area (Å²) in [6.45, 7) is 6.52. The topological polar surface area (TPSA) is 76.1 Å². The summed E-state index contributed by atoms with van der Waals surface area (Å²) in [4.78, 5) is 28.0. The van der Waals surface area contributed by atoms with Gasteiger partial charge in [-0.25, -0.2) is 0 Å². The number of hydrogen-bond donors (Lipinski definition) is 1. The number of hydrogen-bond acceptors (Lipinski definition) is 5. The molecule has 0 saturated carbocycles. The van der Waals surface area contributed by atoms with E-state index in [9.17, 15) is 14.7 Å². The lowest BCUT2D eigenvalue weighted by molar-refractivity contribution is -0.140. The first-order valence-corrected chi connectivity index (χ1v) is 11.6. The molecule has 180 valence electrons. The number of likely N-dealkylation sites (tertiary alicyclic amines) is 1. The Kier molecular flexibility index (Phi) is 6.92. The number of benzene rings is 3. The number of methoxy groups -OCH3 is 1. The van der Waals surface area contributed by atoms with E-state index in [1.165, 1.54) is 4.90 Å². The van der Waals surface area contributed by atoms with Gasteiger partial charge in [-0.15, -0.1) is 0 Å². The Morgan fingerprint density at radius 1 is 0.971 bits per heavy atom. The molecular formula is C29H29NO5. The van der Waals surface area contributed by atoms with Gasteiger partial charge in [-0.1, -0.05) is 42.0 Å². The molecule has 35 heavy (non-hydrogen) atoms. The molecule has 1 N–H and O–H groups in total. The molecule has 4 rings (SSSR count). The molecule has 1 amide bonds. The molecular weight excluding hydrogens is 442 g/mol. The molecule has 1 atom stereocenters. The van der Waals surface area contributed by atoms with Crippen LogP contribution in [0.1, 0.15) is 40.8 Å². The second-order valence-corrected chi connectivity index (χ2v) is 8.60. The SMILES string of the molecule is CCOc1ccc(/C(O)=C2\C(=O)C(=O)N(Cc3ccc(C)cc3)C2c2ccc(OC)cc2)cc1C. The van der Waals surface area contributed by atoms with Crippen molar-refractivity contribution in [3.8, 4) is 11.5 Å². The Bertz CT molecular complexity index is 1280. The number of ketones is 1. The third-order valence-corrected chi connectivity index (χ3v) is 6.19. The molecule has 1 heterocycles. The molecule has 3 aromatic carbocycles. The summed E-state index contributed by atoms with van der Waals surface area (Å²) in [5, 5.41) is 11.3. The number of nitrogens with zero attached hydrogens (tertiary/aromatic N) is 1. The minimum Gasteiger partial charge on any atom is -0.507 e. The monoisotopic (exact) mass is 471 g/mol. The summed E-state index contributed by atoms with van der Waals surface area (Å²) in [6, 6.07) is 19.5. The molecule has 0 radical (unpaired) electrons. The van der Waals surface area contributed by atoms with Crippen molar-refractivity contribution >= 4 is 17.4 Å². The average Bonchev–Trinajstić information content (AvgIpc) is 3.11. The predicted molar refractivity (Wildman–Crippen MR) is 134 cm³/mol. The van der Waals surface area contributed by atoms with Gasteiger partial charge in [0.1, 0.15) is 17.3 Å². The number of rotatable bonds is 7. The summed E-state index contributed by atoms with van der Waals surface area (Å²) in [5.41, 5.74) is 4.06. The Hall–Kier alpha value is -4.06.